The van der Waals surface area contributed by atoms with Crippen molar-refractivity contribution in [2.24, 2.45) is 0 Å². The Kier molecular flexibility index (Phi) is 28.3. The number of ether oxygens (including phenoxy) is 2. The van der Waals surface area contributed by atoms with Crippen LogP contribution in [0.5, 0.6) is 11.5 Å². The Morgan fingerprint density at radius 3 is 0.982 bits per heavy atom. The molecule has 2 nitrogen and oxygen atoms in total. The quantitative estimate of drug-likeness (QED) is 0.0541. The lowest BCUT2D eigenvalue weighted by Crippen LogP contribution is -2.02. The Morgan fingerprint density at radius 1 is 0.375 bits per heavy atom. The number of aryl methyl sites for hydroxylation is 2. The van der Waals surface area contributed by atoms with E-state index in [0.29, 0.717) is 0 Å². The van der Waals surface area contributed by atoms with Crippen molar-refractivity contribution in [3.8, 4) is 32.4 Å². The lowest BCUT2D eigenvalue weighted by Gasteiger charge is -2.17. The highest BCUT2D eigenvalue weighted by atomic mass is 79.9. The molecule has 6 heteroatoms. The second-order valence-electron chi connectivity index (χ2n) is 16.3. The second kappa shape index (κ2) is 32.0. The van der Waals surface area contributed by atoms with Crippen molar-refractivity contribution in [1.82, 2.24) is 0 Å². The largest absolute Gasteiger partial charge is 0.493 e. The molecule has 0 saturated heterocycles. The van der Waals surface area contributed by atoms with E-state index < -0.39 is 0 Å². The second-order valence-corrected chi connectivity index (χ2v) is 21.1. The number of unbranched alkanes of at least 4 members (excludes halogenated alkanes) is 24. The fourth-order valence-corrected chi connectivity index (χ4v) is 11.2. The monoisotopic (exact) mass is 934 g/mol. The van der Waals surface area contributed by atoms with Gasteiger partial charge < -0.3 is 9.47 Å². The number of hydrogen-bond donors (Lipinski definition) is 0. The van der Waals surface area contributed by atoms with Gasteiger partial charge in [0.1, 0.15) is 11.5 Å². The van der Waals surface area contributed by atoms with Crippen LogP contribution in [0.25, 0.3) is 20.9 Å². The molecule has 1 aromatic carbocycles. The molecular weight excluding hydrogens is 856 g/mol. The van der Waals surface area contributed by atoms with Crippen LogP contribution in [0.4, 0.5) is 0 Å². The highest BCUT2D eigenvalue weighted by molar-refractivity contribution is 9.11. The highest BCUT2D eigenvalue weighted by Gasteiger charge is 2.21. The fourth-order valence-electron chi connectivity index (χ4n) is 7.63. The van der Waals surface area contributed by atoms with E-state index in [1.165, 1.54) is 207 Å². The topological polar surface area (TPSA) is 18.5 Å². The minimum atomic E-state index is 0.756. The van der Waals surface area contributed by atoms with Gasteiger partial charge in [-0.3, -0.25) is 0 Å². The molecule has 0 N–H and O–H groups in total. The van der Waals surface area contributed by atoms with Crippen molar-refractivity contribution in [3.63, 3.8) is 0 Å². The van der Waals surface area contributed by atoms with Crippen LogP contribution in [0.3, 0.4) is 0 Å². The molecule has 0 radical (unpaired) electrons. The van der Waals surface area contributed by atoms with Crippen LogP contribution in [-0.2, 0) is 12.8 Å². The third-order valence-corrected chi connectivity index (χ3v) is 15.2. The van der Waals surface area contributed by atoms with E-state index in [1.54, 1.807) is 0 Å². The van der Waals surface area contributed by atoms with Gasteiger partial charge in [0, 0.05) is 20.9 Å². The van der Waals surface area contributed by atoms with E-state index in [2.05, 4.69) is 83.8 Å². The SMILES string of the molecule is CCCCCCCCCCc1cc(-c2cc(OCCCCCCCC)c(-c3cc(CCCCCCCCCC)c(Br)s3)cc2OCCCCCCCC)sc1Br. The number of benzene rings is 1. The molecule has 0 spiro atoms. The summed E-state index contributed by atoms with van der Waals surface area (Å²) in [5.41, 5.74) is 5.23. The predicted molar refractivity (Wildman–Crippen MR) is 259 cm³/mol. The molecule has 0 saturated carbocycles. The molecule has 56 heavy (non-hydrogen) atoms. The minimum Gasteiger partial charge on any atom is -0.493 e. The molecule has 0 aliphatic carbocycles. The maximum atomic E-state index is 6.79. The first-order chi connectivity index (χ1) is 27.5. The summed E-state index contributed by atoms with van der Waals surface area (Å²) in [4.78, 5) is 2.56. The Morgan fingerprint density at radius 2 is 0.661 bits per heavy atom. The van der Waals surface area contributed by atoms with Crippen molar-refractivity contribution in [2.45, 2.75) is 220 Å². The highest BCUT2D eigenvalue weighted by Crippen LogP contribution is 2.48. The summed E-state index contributed by atoms with van der Waals surface area (Å²) in [6, 6.07) is 9.52. The molecule has 0 unspecified atom stereocenters. The van der Waals surface area contributed by atoms with E-state index >= 15 is 0 Å². The Bertz CT molecular complexity index is 1310. The van der Waals surface area contributed by atoms with Crippen molar-refractivity contribution in [3.05, 3.63) is 43.0 Å². The van der Waals surface area contributed by atoms with Gasteiger partial charge in [0.05, 0.1) is 20.8 Å². The summed E-state index contributed by atoms with van der Waals surface area (Å²) in [6.07, 6.45) is 39.0. The van der Waals surface area contributed by atoms with Crippen molar-refractivity contribution < 1.29 is 9.47 Å². The molecule has 0 amide bonds. The molecule has 0 aliphatic heterocycles. The van der Waals surface area contributed by atoms with E-state index in [1.807, 2.05) is 22.7 Å². The van der Waals surface area contributed by atoms with E-state index in [4.69, 9.17) is 9.47 Å². The van der Waals surface area contributed by atoms with Gasteiger partial charge in [-0.25, -0.2) is 0 Å². The first kappa shape index (κ1) is 49.5. The number of rotatable bonds is 36. The summed E-state index contributed by atoms with van der Waals surface area (Å²) in [5, 5.41) is 0. The molecule has 0 bridgehead atoms. The van der Waals surface area contributed by atoms with Gasteiger partial charge in [-0.15, -0.1) is 22.7 Å². The average Bonchev–Trinajstić information content (AvgIpc) is 3.76. The summed E-state index contributed by atoms with van der Waals surface area (Å²) in [5.74, 6) is 2.00. The molecule has 0 atom stereocenters. The number of halogens is 2. The number of hydrogen-bond acceptors (Lipinski definition) is 4. The van der Waals surface area contributed by atoms with Gasteiger partial charge in [0.2, 0.25) is 0 Å². The van der Waals surface area contributed by atoms with Crippen molar-refractivity contribution in [1.29, 1.82) is 0 Å². The maximum absolute atomic E-state index is 6.79. The molecule has 0 fully saturated rings. The Labute approximate surface area is 370 Å². The first-order valence-corrected chi connectivity index (χ1v) is 26.7. The Hall–Kier alpha value is -0.820. The summed E-state index contributed by atoms with van der Waals surface area (Å²) >= 11 is 11.7. The predicted octanol–water partition coefficient (Wildman–Crippen LogP) is 19.5. The molecule has 3 aromatic rings. The summed E-state index contributed by atoms with van der Waals surface area (Å²) in [6.45, 7) is 10.7. The van der Waals surface area contributed by atoms with Gasteiger partial charge in [-0.2, -0.15) is 0 Å². The molecular formula is C50H80Br2O2S2. The van der Waals surface area contributed by atoms with Gasteiger partial charge >= 0.3 is 0 Å². The summed E-state index contributed by atoms with van der Waals surface area (Å²) < 4.78 is 16.1. The third-order valence-electron chi connectivity index (χ3n) is 11.2. The standard InChI is InChI=1S/C50H80Br2O2S2/c1-5-9-13-17-21-23-25-29-33-41-37-47(55-49(41)51)43-39-46(54-36-32-28-20-16-12-8-4)44(40-45(43)53-35-31-27-19-15-11-7-3)48-38-42(50(52)56-48)34-30-26-24-22-18-14-10-6-2/h37-40H,5-36H2,1-4H3. The molecule has 0 aliphatic rings. The van der Waals surface area contributed by atoms with Crippen LogP contribution in [0.1, 0.15) is 219 Å². The van der Waals surface area contributed by atoms with Gasteiger partial charge in [0.15, 0.2) is 0 Å². The smallest absolute Gasteiger partial charge is 0.128 e. The van der Waals surface area contributed by atoms with Crippen molar-refractivity contribution in [2.75, 3.05) is 13.2 Å². The third kappa shape index (κ3) is 20.0. The Balaban J connectivity index is 1.84. The van der Waals surface area contributed by atoms with Crippen LogP contribution in [-0.4, -0.2) is 13.2 Å². The fraction of sp³-hybridized carbons (Fsp3) is 0.720. The van der Waals surface area contributed by atoms with Gasteiger partial charge in [-0.1, -0.05) is 182 Å². The average molecular weight is 937 g/mol. The molecule has 2 heterocycles. The zero-order valence-electron chi connectivity index (χ0n) is 36.3. The molecule has 2 aromatic heterocycles. The van der Waals surface area contributed by atoms with Crippen LogP contribution in [0, 0.1) is 0 Å². The zero-order valence-corrected chi connectivity index (χ0v) is 41.1. The minimum absolute atomic E-state index is 0.756. The van der Waals surface area contributed by atoms with E-state index in [-0.39, 0.29) is 0 Å². The molecule has 318 valence electrons. The normalized spacial score (nSPS) is 11.5. The van der Waals surface area contributed by atoms with E-state index in [9.17, 15) is 0 Å². The lowest BCUT2D eigenvalue weighted by molar-refractivity contribution is 0.298. The van der Waals surface area contributed by atoms with Crippen LogP contribution >= 0.6 is 54.5 Å². The van der Waals surface area contributed by atoms with Crippen LogP contribution in [0.15, 0.2) is 31.8 Å². The van der Waals surface area contributed by atoms with Gasteiger partial charge in [-0.05, 0) is 106 Å². The lowest BCUT2D eigenvalue weighted by atomic mass is 10.0. The van der Waals surface area contributed by atoms with Gasteiger partial charge in [0.25, 0.3) is 0 Å². The van der Waals surface area contributed by atoms with Crippen LogP contribution in [0.2, 0.25) is 0 Å². The zero-order chi connectivity index (χ0) is 40.1. The van der Waals surface area contributed by atoms with Crippen molar-refractivity contribution >= 4 is 54.5 Å². The maximum Gasteiger partial charge on any atom is 0.128 e. The first-order valence-electron chi connectivity index (χ1n) is 23.5. The molecule has 3 rings (SSSR count). The van der Waals surface area contributed by atoms with E-state index in [0.717, 1.165) is 50.4 Å². The van der Waals surface area contributed by atoms with Crippen LogP contribution < -0.4 is 9.47 Å². The summed E-state index contributed by atoms with van der Waals surface area (Å²) in [7, 11) is 0. The number of thiophene rings is 2.